The van der Waals surface area contributed by atoms with Crippen LogP contribution in [0.15, 0.2) is 18.2 Å². The molecule has 0 aromatic heterocycles. The molecule has 2 nitrogen and oxygen atoms in total. The lowest BCUT2D eigenvalue weighted by molar-refractivity contribution is 0.0631. The maximum atomic E-state index is 5.93. The second kappa shape index (κ2) is 5.02. The Kier molecular flexibility index (Phi) is 3.40. The minimum absolute atomic E-state index is 0.328. The lowest BCUT2D eigenvalue weighted by Crippen LogP contribution is -2.32. The van der Waals surface area contributed by atoms with Crippen LogP contribution in [-0.2, 0) is 17.6 Å². The molecule has 0 spiro atoms. The minimum Gasteiger partial charge on any atom is -0.376 e. The number of hydrogen-bond acceptors (Lipinski definition) is 2. The molecular weight excluding hydrogens is 222 g/mol. The maximum absolute atomic E-state index is 5.93. The zero-order chi connectivity index (χ0) is 12.5. The first-order chi connectivity index (χ1) is 8.79. The second-order valence-corrected chi connectivity index (χ2v) is 5.75. The molecule has 1 aromatic carbocycles. The molecule has 2 aliphatic rings. The summed E-state index contributed by atoms with van der Waals surface area (Å²) in [6, 6.07) is 7.35. The number of benzene rings is 1. The van der Waals surface area contributed by atoms with Crippen LogP contribution in [0.3, 0.4) is 0 Å². The Morgan fingerprint density at radius 1 is 1.28 bits per heavy atom. The first kappa shape index (κ1) is 12.2. The van der Waals surface area contributed by atoms with Gasteiger partial charge in [-0.3, -0.25) is 0 Å². The van der Waals surface area contributed by atoms with Gasteiger partial charge in [-0.2, -0.15) is 0 Å². The predicted molar refractivity (Wildman–Crippen MR) is 73.8 cm³/mol. The number of nitrogens with one attached hydrogen (secondary N) is 1. The Morgan fingerprint density at radius 3 is 2.83 bits per heavy atom. The summed E-state index contributed by atoms with van der Waals surface area (Å²) < 4.78 is 5.93. The number of aryl methyl sites for hydroxylation is 2. The highest BCUT2D eigenvalue weighted by molar-refractivity contribution is 5.37. The van der Waals surface area contributed by atoms with Gasteiger partial charge in [0, 0.05) is 6.61 Å². The largest absolute Gasteiger partial charge is 0.376 e. The fourth-order valence-electron chi connectivity index (χ4n) is 3.45. The number of ether oxygens (including phenoxy) is 1. The van der Waals surface area contributed by atoms with Crippen molar-refractivity contribution in [1.82, 2.24) is 5.32 Å². The standard InChI is InChI=1S/C16H23NO/c1-11-8-9-18-16(11)15(17-2)14-7-6-12-4-3-5-13(12)10-14/h6-7,10-11,15-17H,3-5,8-9H2,1-2H3. The van der Waals surface area contributed by atoms with Gasteiger partial charge in [-0.25, -0.2) is 0 Å². The van der Waals surface area contributed by atoms with Crippen LogP contribution in [0.25, 0.3) is 0 Å². The van der Waals surface area contributed by atoms with Crippen molar-refractivity contribution in [3.8, 4) is 0 Å². The Bertz CT molecular complexity index is 429. The van der Waals surface area contributed by atoms with Gasteiger partial charge in [0.1, 0.15) is 0 Å². The molecule has 0 saturated carbocycles. The van der Waals surface area contributed by atoms with Gasteiger partial charge < -0.3 is 10.1 Å². The highest BCUT2D eigenvalue weighted by Crippen LogP contribution is 2.33. The summed E-state index contributed by atoms with van der Waals surface area (Å²) in [7, 11) is 2.05. The molecule has 3 unspecified atom stereocenters. The van der Waals surface area contributed by atoms with Gasteiger partial charge in [0.05, 0.1) is 12.1 Å². The van der Waals surface area contributed by atoms with Crippen molar-refractivity contribution in [2.75, 3.05) is 13.7 Å². The van der Waals surface area contributed by atoms with Gasteiger partial charge >= 0.3 is 0 Å². The van der Waals surface area contributed by atoms with Gasteiger partial charge in [0.25, 0.3) is 0 Å². The molecule has 1 fully saturated rings. The summed E-state index contributed by atoms with van der Waals surface area (Å²) in [5.74, 6) is 0.649. The average Bonchev–Trinajstić information content (AvgIpc) is 2.99. The Balaban J connectivity index is 1.87. The second-order valence-electron chi connectivity index (χ2n) is 5.75. The van der Waals surface area contributed by atoms with E-state index in [1.807, 2.05) is 7.05 Å². The van der Waals surface area contributed by atoms with E-state index in [2.05, 4.69) is 30.4 Å². The molecule has 1 heterocycles. The van der Waals surface area contributed by atoms with E-state index in [0.29, 0.717) is 18.1 Å². The van der Waals surface area contributed by atoms with E-state index in [1.54, 1.807) is 11.1 Å². The highest BCUT2D eigenvalue weighted by atomic mass is 16.5. The highest BCUT2D eigenvalue weighted by Gasteiger charge is 2.32. The molecule has 0 amide bonds. The van der Waals surface area contributed by atoms with Crippen LogP contribution in [-0.4, -0.2) is 19.8 Å². The maximum Gasteiger partial charge on any atom is 0.0795 e. The third kappa shape index (κ3) is 2.08. The number of fused-ring (bicyclic) bond motifs is 1. The van der Waals surface area contributed by atoms with E-state index in [1.165, 1.54) is 31.2 Å². The van der Waals surface area contributed by atoms with E-state index in [4.69, 9.17) is 4.74 Å². The first-order valence-corrected chi connectivity index (χ1v) is 7.20. The smallest absolute Gasteiger partial charge is 0.0795 e. The van der Waals surface area contributed by atoms with Crippen molar-refractivity contribution >= 4 is 0 Å². The van der Waals surface area contributed by atoms with Crippen molar-refractivity contribution in [3.05, 3.63) is 34.9 Å². The van der Waals surface area contributed by atoms with Crippen molar-refractivity contribution in [2.24, 2.45) is 5.92 Å². The monoisotopic (exact) mass is 245 g/mol. The molecule has 0 radical (unpaired) electrons. The molecule has 1 aliphatic heterocycles. The van der Waals surface area contributed by atoms with Crippen LogP contribution in [0, 0.1) is 5.92 Å². The molecule has 1 saturated heterocycles. The minimum atomic E-state index is 0.328. The molecular formula is C16H23NO. The summed E-state index contributed by atoms with van der Waals surface area (Å²) in [5.41, 5.74) is 4.50. The van der Waals surface area contributed by atoms with E-state index in [9.17, 15) is 0 Å². The summed E-state index contributed by atoms with van der Waals surface area (Å²) in [4.78, 5) is 0. The molecule has 1 aliphatic carbocycles. The number of rotatable bonds is 3. The molecule has 3 atom stereocenters. The van der Waals surface area contributed by atoms with Crippen LogP contribution in [0.5, 0.6) is 0 Å². The fraction of sp³-hybridized carbons (Fsp3) is 0.625. The van der Waals surface area contributed by atoms with Crippen LogP contribution in [0.1, 0.15) is 42.5 Å². The normalized spacial score (nSPS) is 28.3. The molecule has 98 valence electrons. The van der Waals surface area contributed by atoms with Crippen molar-refractivity contribution in [1.29, 1.82) is 0 Å². The molecule has 3 rings (SSSR count). The molecule has 18 heavy (non-hydrogen) atoms. The Morgan fingerprint density at radius 2 is 2.11 bits per heavy atom. The summed E-state index contributed by atoms with van der Waals surface area (Å²) in [6.45, 7) is 3.21. The summed E-state index contributed by atoms with van der Waals surface area (Å²) >= 11 is 0. The molecule has 2 heteroatoms. The number of hydrogen-bond donors (Lipinski definition) is 1. The van der Waals surface area contributed by atoms with E-state index in [0.717, 1.165) is 6.61 Å². The molecule has 1 N–H and O–H groups in total. The van der Waals surface area contributed by atoms with Crippen LogP contribution in [0.4, 0.5) is 0 Å². The SMILES string of the molecule is CNC(c1ccc2c(c1)CCC2)C1OCCC1C. The van der Waals surface area contributed by atoms with E-state index >= 15 is 0 Å². The van der Waals surface area contributed by atoms with E-state index in [-0.39, 0.29) is 0 Å². The summed E-state index contributed by atoms with van der Waals surface area (Å²) in [5, 5.41) is 3.46. The Hall–Kier alpha value is -0.860. The van der Waals surface area contributed by atoms with Gasteiger partial charge in [0.15, 0.2) is 0 Å². The number of likely N-dealkylation sites (N-methyl/N-ethyl adjacent to an activating group) is 1. The first-order valence-electron chi connectivity index (χ1n) is 7.20. The topological polar surface area (TPSA) is 21.3 Å². The van der Waals surface area contributed by atoms with E-state index < -0.39 is 0 Å². The van der Waals surface area contributed by atoms with Crippen molar-refractivity contribution in [3.63, 3.8) is 0 Å². The lowest BCUT2D eigenvalue weighted by atomic mass is 9.91. The van der Waals surface area contributed by atoms with Crippen LogP contribution < -0.4 is 5.32 Å². The molecule has 0 bridgehead atoms. The van der Waals surface area contributed by atoms with Gasteiger partial charge in [0.2, 0.25) is 0 Å². The predicted octanol–water partition coefficient (Wildman–Crippen LogP) is 2.86. The Labute approximate surface area is 110 Å². The van der Waals surface area contributed by atoms with Crippen molar-refractivity contribution < 1.29 is 4.74 Å². The molecule has 1 aromatic rings. The lowest BCUT2D eigenvalue weighted by Gasteiger charge is -2.26. The third-order valence-corrected chi connectivity index (χ3v) is 4.57. The fourth-order valence-corrected chi connectivity index (χ4v) is 3.45. The average molecular weight is 245 g/mol. The van der Waals surface area contributed by atoms with Gasteiger partial charge in [-0.15, -0.1) is 0 Å². The summed E-state index contributed by atoms with van der Waals surface area (Å²) in [6.07, 6.45) is 5.35. The van der Waals surface area contributed by atoms with Gasteiger partial charge in [-0.05, 0) is 55.3 Å². The van der Waals surface area contributed by atoms with Crippen LogP contribution >= 0.6 is 0 Å². The third-order valence-electron chi connectivity index (χ3n) is 4.57. The van der Waals surface area contributed by atoms with Crippen LogP contribution in [0.2, 0.25) is 0 Å². The zero-order valence-electron chi connectivity index (χ0n) is 11.4. The zero-order valence-corrected chi connectivity index (χ0v) is 11.4. The quantitative estimate of drug-likeness (QED) is 0.884. The van der Waals surface area contributed by atoms with Gasteiger partial charge in [-0.1, -0.05) is 25.1 Å². The van der Waals surface area contributed by atoms with Crippen molar-refractivity contribution in [2.45, 2.75) is 44.8 Å².